The van der Waals surface area contributed by atoms with E-state index in [9.17, 15) is 27.6 Å². The quantitative estimate of drug-likeness (QED) is 0.205. The average Bonchev–Trinajstić information content (AvgIpc) is 3.95. The van der Waals surface area contributed by atoms with E-state index < -0.39 is 16.1 Å². The number of pyridine rings is 1. The minimum absolute atomic E-state index is 0.0211. The second-order valence-corrected chi connectivity index (χ2v) is 20.5. The highest BCUT2D eigenvalue weighted by Gasteiger charge is 2.39. The fraction of sp³-hybridized carbons (Fsp3) is 0.532. The lowest BCUT2D eigenvalue weighted by molar-refractivity contribution is -0.136. The van der Waals surface area contributed by atoms with Gasteiger partial charge >= 0.3 is 0 Å². The summed E-state index contributed by atoms with van der Waals surface area (Å²) in [6.07, 6.45) is 12.0. The number of hydrogen-bond acceptors (Lipinski definition) is 11. The van der Waals surface area contributed by atoms with E-state index in [2.05, 4.69) is 37.6 Å². The van der Waals surface area contributed by atoms with Crippen molar-refractivity contribution in [1.29, 1.82) is 0 Å². The molecule has 6 aliphatic rings. The van der Waals surface area contributed by atoms with Gasteiger partial charge in [0.05, 0.1) is 4.90 Å². The summed E-state index contributed by atoms with van der Waals surface area (Å²) in [5.41, 5.74) is 4.41. The third kappa shape index (κ3) is 8.49. The SMILES string of the molecule is O=C1CCC(N2Cc3cc(N4CCC(CN5CCC(c6cccc(S(=O)(=O)N7CCC(Nc8ncc9ccc(=O)n(C%10CCCC%10)c9n8)CC7)c6)CC5)CC4)ccc3C2=O)C(=O)N1. The van der Waals surface area contributed by atoms with Crippen LogP contribution >= 0.6 is 0 Å². The molecule has 63 heavy (non-hydrogen) atoms. The number of carbonyl (C=O) groups excluding carboxylic acids is 3. The fourth-order valence-electron chi connectivity index (χ4n) is 11.1. The number of aromatic nitrogens is 3. The van der Waals surface area contributed by atoms with Crippen LogP contribution in [0, 0.1) is 5.92 Å². The van der Waals surface area contributed by atoms with Crippen LogP contribution in [0.1, 0.15) is 110 Å². The highest BCUT2D eigenvalue weighted by atomic mass is 32.2. The minimum Gasteiger partial charge on any atom is -0.372 e. The van der Waals surface area contributed by atoms with Crippen molar-refractivity contribution in [3.8, 4) is 0 Å². The van der Waals surface area contributed by atoms with E-state index >= 15 is 0 Å². The lowest BCUT2D eigenvalue weighted by atomic mass is 9.88. The average molecular weight is 876 g/mol. The first-order valence-corrected chi connectivity index (χ1v) is 24.5. The first kappa shape index (κ1) is 41.8. The molecule has 1 aliphatic carbocycles. The topological polar surface area (TPSA) is 170 Å². The number of carbonyl (C=O) groups is 3. The van der Waals surface area contributed by atoms with Gasteiger partial charge < -0.3 is 20.0 Å². The summed E-state index contributed by atoms with van der Waals surface area (Å²) in [5.74, 6) is 0.577. The molecule has 1 atom stereocenters. The van der Waals surface area contributed by atoms with Gasteiger partial charge in [0.25, 0.3) is 11.5 Å². The number of likely N-dealkylation sites (tertiary alicyclic amines) is 1. The van der Waals surface area contributed by atoms with Gasteiger partial charge in [0.1, 0.15) is 11.7 Å². The molecule has 0 spiro atoms. The lowest BCUT2D eigenvalue weighted by Gasteiger charge is -2.38. The van der Waals surface area contributed by atoms with E-state index in [0.29, 0.717) is 72.8 Å². The van der Waals surface area contributed by atoms with Gasteiger partial charge in [0.15, 0.2) is 0 Å². The Morgan fingerprint density at radius 1 is 0.794 bits per heavy atom. The third-order valence-corrected chi connectivity index (χ3v) is 16.6. The molecule has 3 amide bonds. The Labute approximate surface area is 368 Å². The van der Waals surface area contributed by atoms with Crippen molar-refractivity contribution in [2.75, 3.05) is 56.0 Å². The summed E-state index contributed by atoms with van der Waals surface area (Å²) in [7, 11) is -3.66. The van der Waals surface area contributed by atoms with Crippen LogP contribution in [-0.2, 0) is 26.2 Å². The van der Waals surface area contributed by atoms with Crippen molar-refractivity contribution < 1.29 is 22.8 Å². The van der Waals surface area contributed by atoms with Gasteiger partial charge in [0, 0.05) is 86.7 Å². The maximum Gasteiger partial charge on any atom is 0.255 e. The molecular formula is C47H57N9O6S. The van der Waals surface area contributed by atoms with E-state index in [1.807, 2.05) is 28.8 Å². The van der Waals surface area contributed by atoms with E-state index in [0.717, 1.165) is 106 Å². The van der Waals surface area contributed by atoms with E-state index in [4.69, 9.17) is 4.98 Å². The summed E-state index contributed by atoms with van der Waals surface area (Å²) < 4.78 is 31.4. The van der Waals surface area contributed by atoms with Crippen LogP contribution in [-0.4, -0.2) is 113 Å². The summed E-state index contributed by atoms with van der Waals surface area (Å²) in [6.45, 7) is 6.13. The monoisotopic (exact) mass is 875 g/mol. The Balaban J connectivity index is 0.689. The Hall–Kier alpha value is -5.19. The second-order valence-electron chi connectivity index (χ2n) is 18.6. The molecule has 5 fully saturated rings. The first-order valence-electron chi connectivity index (χ1n) is 23.1. The van der Waals surface area contributed by atoms with Gasteiger partial charge in [-0.05, 0) is 130 Å². The number of imide groups is 1. The number of sulfonamides is 1. The molecule has 16 heteroatoms. The number of benzene rings is 2. The van der Waals surface area contributed by atoms with E-state index in [1.54, 1.807) is 33.6 Å². The van der Waals surface area contributed by atoms with Gasteiger partial charge in [-0.1, -0.05) is 25.0 Å². The number of hydrogen-bond donors (Lipinski definition) is 2. The zero-order valence-electron chi connectivity index (χ0n) is 35.8. The number of nitrogens with one attached hydrogen (secondary N) is 2. The third-order valence-electron chi connectivity index (χ3n) is 14.7. The molecule has 15 nitrogen and oxygen atoms in total. The van der Waals surface area contributed by atoms with Crippen LogP contribution < -0.4 is 21.1 Å². The molecule has 7 heterocycles. The minimum atomic E-state index is -3.66. The van der Waals surface area contributed by atoms with Crippen molar-refractivity contribution in [3.05, 3.63) is 87.8 Å². The van der Waals surface area contributed by atoms with Crippen molar-refractivity contribution in [3.63, 3.8) is 0 Å². The number of anilines is 2. The standard InChI is InChI=1S/C47H57N9O6S/c57-42-12-11-41(45(59)50-42)55-30-35-26-38(9-10-40(35)46(55)60)53-22-14-31(15-23-53)29-52-20-16-32(17-21-52)33-4-3-7-39(27-33)63(61,62)54-24-18-36(19-25-54)49-47-48-28-34-8-13-43(58)56(44(34)51-47)37-5-1-2-6-37/h3-4,7-10,13,26-28,31-32,36-37,41H,1-2,5-6,11-12,14-25,29-30H2,(H,48,49,51)(H,50,57,59). The van der Waals surface area contributed by atoms with Crippen molar-refractivity contribution in [1.82, 2.24) is 34.0 Å². The van der Waals surface area contributed by atoms with E-state index in [1.165, 1.54) is 0 Å². The van der Waals surface area contributed by atoms with Gasteiger partial charge in [-0.15, -0.1) is 0 Å². The number of rotatable bonds is 10. The summed E-state index contributed by atoms with van der Waals surface area (Å²) in [5, 5.41) is 6.66. The van der Waals surface area contributed by atoms with Crippen molar-refractivity contribution >= 4 is 50.4 Å². The van der Waals surface area contributed by atoms with Crippen molar-refractivity contribution in [2.45, 2.75) is 113 Å². The van der Waals surface area contributed by atoms with Crippen LogP contribution in [0.2, 0.25) is 0 Å². The maximum atomic E-state index is 14.0. The predicted molar refractivity (Wildman–Crippen MR) is 239 cm³/mol. The molecule has 10 rings (SSSR count). The molecule has 4 aromatic rings. The Morgan fingerprint density at radius 3 is 2.33 bits per heavy atom. The second kappa shape index (κ2) is 17.4. The normalized spacial score (nSPS) is 22.9. The van der Waals surface area contributed by atoms with Gasteiger partial charge in [-0.3, -0.25) is 29.1 Å². The van der Waals surface area contributed by atoms with Crippen LogP contribution in [0.4, 0.5) is 11.6 Å². The molecule has 2 aromatic heterocycles. The van der Waals surface area contributed by atoms with Crippen LogP contribution in [0.25, 0.3) is 11.0 Å². The number of piperidine rings is 4. The molecule has 0 radical (unpaired) electrons. The zero-order chi connectivity index (χ0) is 43.2. The van der Waals surface area contributed by atoms with Crippen LogP contribution in [0.5, 0.6) is 0 Å². The zero-order valence-corrected chi connectivity index (χ0v) is 36.6. The molecule has 2 aromatic carbocycles. The summed E-state index contributed by atoms with van der Waals surface area (Å²) in [4.78, 5) is 66.5. The van der Waals surface area contributed by atoms with Gasteiger partial charge in [-0.25, -0.2) is 13.4 Å². The number of nitrogens with zero attached hydrogens (tertiary/aromatic N) is 7. The van der Waals surface area contributed by atoms with Crippen LogP contribution in [0.15, 0.2) is 70.5 Å². The number of fused-ring (bicyclic) bond motifs is 2. The molecule has 2 N–H and O–H groups in total. The van der Waals surface area contributed by atoms with Crippen LogP contribution in [0.3, 0.4) is 0 Å². The smallest absolute Gasteiger partial charge is 0.255 e. The lowest BCUT2D eigenvalue weighted by Crippen LogP contribution is -2.52. The Kier molecular flexibility index (Phi) is 11.6. The highest BCUT2D eigenvalue weighted by molar-refractivity contribution is 7.89. The first-order chi connectivity index (χ1) is 30.6. The van der Waals surface area contributed by atoms with E-state index in [-0.39, 0.29) is 41.8 Å². The molecule has 0 bridgehead atoms. The molecule has 1 unspecified atom stereocenters. The molecule has 5 aliphatic heterocycles. The Bertz CT molecular complexity index is 2570. The molecular weight excluding hydrogens is 819 g/mol. The maximum absolute atomic E-state index is 14.0. The largest absolute Gasteiger partial charge is 0.372 e. The van der Waals surface area contributed by atoms with Gasteiger partial charge in [0.2, 0.25) is 27.8 Å². The Morgan fingerprint density at radius 2 is 1.57 bits per heavy atom. The molecule has 332 valence electrons. The molecule has 4 saturated heterocycles. The summed E-state index contributed by atoms with van der Waals surface area (Å²) >= 11 is 0. The van der Waals surface area contributed by atoms with Gasteiger partial charge in [-0.2, -0.15) is 9.29 Å². The fourth-order valence-corrected chi connectivity index (χ4v) is 12.6. The highest BCUT2D eigenvalue weighted by Crippen LogP contribution is 2.35. The molecule has 1 saturated carbocycles. The summed E-state index contributed by atoms with van der Waals surface area (Å²) in [6, 6.07) is 16.6. The number of amides is 3. The van der Waals surface area contributed by atoms with Crippen molar-refractivity contribution in [2.24, 2.45) is 5.92 Å². The predicted octanol–water partition coefficient (Wildman–Crippen LogP) is 5.03.